The van der Waals surface area contributed by atoms with E-state index in [1.807, 2.05) is 0 Å². The van der Waals surface area contributed by atoms with Crippen molar-refractivity contribution in [2.75, 3.05) is 6.61 Å². The van der Waals surface area contributed by atoms with Gasteiger partial charge in [0.1, 0.15) is 0 Å². The molecule has 2 heteroatoms. The van der Waals surface area contributed by atoms with Gasteiger partial charge in [-0.2, -0.15) is 0 Å². The molecule has 0 bridgehead atoms. The fraction of sp³-hybridized carbons (Fsp3) is 0.286. The number of esters is 1. The lowest BCUT2D eigenvalue weighted by molar-refractivity contribution is -0.139. The molecule has 2 nitrogen and oxygen atoms in total. The van der Waals surface area contributed by atoms with Crippen LogP contribution in [0.2, 0.25) is 0 Å². The van der Waals surface area contributed by atoms with E-state index < -0.39 is 0 Å². The van der Waals surface area contributed by atoms with Crippen molar-refractivity contribution in [3.63, 3.8) is 0 Å². The molecule has 5 aliphatic rings. The van der Waals surface area contributed by atoms with E-state index in [1.54, 1.807) is 6.92 Å². The van der Waals surface area contributed by atoms with E-state index in [0.29, 0.717) is 24.0 Å². The third-order valence-corrected chi connectivity index (χ3v) is 11.6. The van der Waals surface area contributed by atoms with Gasteiger partial charge in [0.25, 0.3) is 0 Å². The number of unbranched alkanes of at least 4 members (excludes halogenated alkanes) is 1. The van der Waals surface area contributed by atoms with Crippen LogP contribution < -0.4 is 0 Å². The number of rotatable bonds is 8. The third-order valence-electron chi connectivity index (χ3n) is 11.6. The molecule has 0 aromatic heterocycles. The second-order valence-electron chi connectivity index (χ2n) is 16.5. The number of benzene rings is 3. The lowest BCUT2D eigenvalue weighted by atomic mass is 9.61. The van der Waals surface area contributed by atoms with Gasteiger partial charge in [-0.3, -0.25) is 0 Å². The average Bonchev–Trinajstić information content (AvgIpc) is 3.34. The molecule has 0 N–H and O–H groups in total. The van der Waals surface area contributed by atoms with Crippen LogP contribution in [0, 0.1) is 17.3 Å². The van der Waals surface area contributed by atoms with Gasteiger partial charge in [-0.05, 0) is 122 Å². The molecule has 0 heterocycles. The van der Waals surface area contributed by atoms with Gasteiger partial charge in [-0.1, -0.05) is 138 Å². The number of hydrogen-bond acceptors (Lipinski definition) is 2. The summed E-state index contributed by atoms with van der Waals surface area (Å²) in [6, 6.07) is 23.2. The summed E-state index contributed by atoms with van der Waals surface area (Å²) in [5.41, 5.74) is 19.5. The summed E-state index contributed by atoms with van der Waals surface area (Å²) in [7, 11) is 0. The van der Waals surface area contributed by atoms with Crippen molar-refractivity contribution in [2.24, 2.45) is 17.3 Å². The predicted octanol–water partition coefficient (Wildman–Crippen LogP) is 12.0. The summed E-state index contributed by atoms with van der Waals surface area (Å²) in [4.78, 5) is 11.6. The van der Waals surface area contributed by atoms with E-state index >= 15 is 0 Å². The van der Waals surface area contributed by atoms with Crippen LogP contribution in [0.25, 0.3) is 27.8 Å². The molecule has 256 valence electrons. The Balaban J connectivity index is 1.03. The topological polar surface area (TPSA) is 26.3 Å². The number of fused-ring (bicyclic) bond motifs is 3. The second-order valence-corrected chi connectivity index (χ2v) is 16.5. The molecule has 3 aromatic carbocycles. The summed E-state index contributed by atoms with van der Waals surface area (Å²) in [5, 5.41) is 0. The minimum Gasteiger partial charge on any atom is -0.462 e. The van der Waals surface area contributed by atoms with Gasteiger partial charge >= 0.3 is 5.97 Å². The molecule has 0 aliphatic heterocycles. The fourth-order valence-electron chi connectivity index (χ4n) is 8.65. The van der Waals surface area contributed by atoms with Gasteiger partial charge in [-0.25, -0.2) is 4.79 Å². The van der Waals surface area contributed by atoms with Gasteiger partial charge in [0.05, 0.1) is 6.61 Å². The SMILES string of the molecule is C=C(C)C(=O)OCCCCc1ccc(-c2ccc3c(c2)C(C)(C)c2cc(C4=CC=C5C=CC6=CC(C(C)(C)C)=CC7=CC=C4C5C76)ccc2-3)cc1. The van der Waals surface area contributed by atoms with Gasteiger partial charge in [0.15, 0.2) is 0 Å². The maximum absolute atomic E-state index is 11.6. The van der Waals surface area contributed by atoms with Gasteiger partial charge in [-0.15, -0.1) is 0 Å². The lowest BCUT2D eigenvalue weighted by Crippen LogP contribution is -2.30. The first kappa shape index (κ1) is 33.2. The van der Waals surface area contributed by atoms with Crippen LogP contribution >= 0.6 is 0 Å². The molecule has 0 fully saturated rings. The summed E-state index contributed by atoms with van der Waals surface area (Å²) in [5.74, 6) is 0.440. The van der Waals surface area contributed by atoms with Crippen LogP contribution in [-0.2, 0) is 21.4 Å². The highest BCUT2D eigenvalue weighted by molar-refractivity contribution is 5.90. The first-order valence-corrected chi connectivity index (χ1v) is 18.6. The molecule has 0 saturated heterocycles. The Hall–Kier alpha value is -4.95. The summed E-state index contributed by atoms with van der Waals surface area (Å²) in [6.45, 7) is 17.5. The normalized spacial score (nSPS) is 20.4. The minimum atomic E-state index is -0.305. The molecule has 2 atom stereocenters. The summed E-state index contributed by atoms with van der Waals surface area (Å²) < 4.78 is 5.24. The highest BCUT2D eigenvalue weighted by Gasteiger charge is 2.41. The lowest BCUT2D eigenvalue weighted by Gasteiger charge is -2.42. The zero-order valence-electron chi connectivity index (χ0n) is 30.9. The Morgan fingerprint density at radius 3 is 2.10 bits per heavy atom. The number of ether oxygens (including phenoxy) is 1. The molecular formula is C49H48O2. The van der Waals surface area contributed by atoms with E-state index in [2.05, 4.69) is 150 Å². The molecule has 5 aliphatic carbocycles. The van der Waals surface area contributed by atoms with Crippen LogP contribution in [0.1, 0.15) is 76.6 Å². The van der Waals surface area contributed by atoms with Crippen molar-refractivity contribution in [3.05, 3.63) is 172 Å². The van der Waals surface area contributed by atoms with Crippen molar-refractivity contribution in [3.8, 4) is 22.3 Å². The molecule has 0 amide bonds. The van der Waals surface area contributed by atoms with E-state index in [0.717, 1.165) is 19.3 Å². The standard InChI is InChI=1S/C49H48O2/c1-30(2)47(50)51-25-9-8-10-31-11-13-32(14-12-31)34-18-22-40-41-23-19-35(29-44(41)49(6,7)43(40)28-34)39-21-17-33-15-16-36-26-38(48(3,4)5)27-37-20-24-42(39)46(33)45(36)37/h11-24,26-29,45-46H,1,8-10,25H2,2-7H3. The monoisotopic (exact) mass is 668 g/mol. The smallest absolute Gasteiger partial charge is 0.333 e. The Bertz CT molecular complexity index is 2210. The van der Waals surface area contributed by atoms with E-state index in [9.17, 15) is 4.79 Å². The van der Waals surface area contributed by atoms with Crippen LogP contribution in [0.15, 0.2) is 149 Å². The molecule has 51 heavy (non-hydrogen) atoms. The van der Waals surface area contributed by atoms with Crippen molar-refractivity contribution < 1.29 is 9.53 Å². The fourth-order valence-corrected chi connectivity index (χ4v) is 8.65. The zero-order chi connectivity index (χ0) is 35.7. The number of carbonyl (C=O) groups excluding carboxylic acids is 1. The number of aryl methyl sites for hydroxylation is 1. The Labute approximate surface area is 304 Å². The highest BCUT2D eigenvalue weighted by Crippen LogP contribution is 2.55. The van der Waals surface area contributed by atoms with Gasteiger partial charge in [0, 0.05) is 22.8 Å². The largest absolute Gasteiger partial charge is 0.462 e. The molecule has 0 saturated carbocycles. The highest BCUT2D eigenvalue weighted by atomic mass is 16.5. The Morgan fingerprint density at radius 1 is 0.745 bits per heavy atom. The number of hydrogen-bond donors (Lipinski definition) is 0. The van der Waals surface area contributed by atoms with Crippen LogP contribution in [-0.4, -0.2) is 12.6 Å². The third kappa shape index (κ3) is 5.79. The number of allylic oxidation sites excluding steroid dienone is 14. The minimum absolute atomic E-state index is 0.116. The van der Waals surface area contributed by atoms with Crippen molar-refractivity contribution >= 4 is 11.5 Å². The number of carbonyl (C=O) groups is 1. The predicted molar refractivity (Wildman–Crippen MR) is 212 cm³/mol. The molecule has 0 spiro atoms. The molecule has 0 radical (unpaired) electrons. The maximum atomic E-state index is 11.6. The van der Waals surface area contributed by atoms with Crippen LogP contribution in [0.5, 0.6) is 0 Å². The van der Waals surface area contributed by atoms with Crippen LogP contribution in [0.3, 0.4) is 0 Å². The van der Waals surface area contributed by atoms with Crippen LogP contribution in [0.4, 0.5) is 0 Å². The first-order chi connectivity index (χ1) is 24.4. The zero-order valence-corrected chi connectivity index (χ0v) is 30.9. The Morgan fingerprint density at radius 2 is 1.39 bits per heavy atom. The molecule has 3 aromatic rings. The molecule has 2 unspecified atom stereocenters. The van der Waals surface area contributed by atoms with Gasteiger partial charge in [0.2, 0.25) is 0 Å². The quantitative estimate of drug-likeness (QED) is 0.136. The molecule has 8 rings (SSSR count). The second kappa shape index (κ2) is 12.4. The maximum Gasteiger partial charge on any atom is 0.333 e. The average molecular weight is 669 g/mol. The summed E-state index contributed by atoms with van der Waals surface area (Å²) >= 11 is 0. The summed E-state index contributed by atoms with van der Waals surface area (Å²) in [6.07, 6.45) is 21.9. The van der Waals surface area contributed by atoms with Crippen molar-refractivity contribution in [2.45, 2.75) is 66.2 Å². The van der Waals surface area contributed by atoms with E-state index in [-0.39, 0.29) is 16.8 Å². The van der Waals surface area contributed by atoms with E-state index in [4.69, 9.17) is 4.74 Å². The van der Waals surface area contributed by atoms with Crippen molar-refractivity contribution in [1.29, 1.82) is 0 Å². The van der Waals surface area contributed by atoms with Gasteiger partial charge < -0.3 is 4.74 Å². The van der Waals surface area contributed by atoms with Crippen molar-refractivity contribution in [1.82, 2.24) is 0 Å². The Kier molecular flexibility index (Phi) is 8.06. The van der Waals surface area contributed by atoms with E-state index in [1.165, 1.54) is 77.9 Å². The molecular weight excluding hydrogens is 621 g/mol. The first-order valence-electron chi connectivity index (χ1n) is 18.6.